The molecule has 0 bridgehead atoms. The van der Waals surface area contributed by atoms with Crippen molar-refractivity contribution in [3.05, 3.63) is 66.1 Å². The van der Waals surface area contributed by atoms with Gasteiger partial charge in [-0.1, -0.05) is 23.4 Å². The molecule has 0 N–H and O–H groups in total. The number of aromatic nitrogens is 3. The SMILES string of the molecule is COc1ccc(-c2noc(CN3CCN(c4cc(C)c5ccccc5n4)CC3)n2)cc1. The van der Waals surface area contributed by atoms with Crippen LogP contribution in [-0.4, -0.2) is 53.3 Å². The van der Waals surface area contributed by atoms with Crippen molar-refractivity contribution in [2.24, 2.45) is 0 Å². The van der Waals surface area contributed by atoms with Gasteiger partial charge in [-0.3, -0.25) is 4.90 Å². The van der Waals surface area contributed by atoms with E-state index in [1.165, 1.54) is 10.9 Å². The molecule has 7 heteroatoms. The number of pyridine rings is 1. The third-order valence-corrected chi connectivity index (χ3v) is 5.78. The second-order valence-corrected chi connectivity index (χ2v) is 7.82. The number of piperazine rings is 1. The smallest absolute Gasteiger partial charge is 0.241 e. The van der Waals surface area contributed by atoms with Crippen LogP contribution in [0.1, 0.15) is 11.5 Å². The number of para-hydroxylation sites is 1. The molecule has 31 heavy (non-hydrogen) atoms. The van der Waals surface area contributed by atoms with Crippen molar-refractivity contribution in [3.8, 4) is 17.1 Å². The highest BCUT2D eigenvalue weighted by atomic mass is 16.5. The van der Waals surface area contributed by atoms with E-state index in [4.69, 9.17) is 14.2 Å². The summed E-state index contributed by atoms with van der Waals surface area (Å²) >= 11 is 0. The van der Waals surface area contributed by atoms with Gasteiger partial charge in [-0.2, -0.15) is 4.98 Å². The molecule has 0 aliphatic carbocycles. The number of methoxy groups -OCH3 is 1. The summed E-state index contributed by atoms with van der Waals surface area (Å²) in [5, 5.41) is 5.35. The average Bonchev–Trinajstić information content (AvgIpc) is 3.28. The van der Waals surface area contributed by atoms with E-state index in [-0.39, 0.29) is 0 Å². The lowest BCUT2D eigenvalue weighted by atomic mass is 10.1. The van der Waals surface area contributed by atoms with Crippen molar-refractivity contribution in [1.82, 2.24) is 20.0 Å². The van der Waals surface area contributed by atoms with Crippen LogP contribution in [0, 0.1) is 6.92 Å². The van der Waals surface area contributed by atoms with Crippen molar-refractivity contribution < 1.29 is 9.26 Å². The molecule has 4 aromatic rings. The van der Waals surface area contributed by atoms with E-state index in [9.17, 15) is 0 Å². The van der Waals surface area contributed by atoms with Crippen LogP contribution in [0.25, 0.3) is 22.3 Å². The van der Waals surface area contributed by atoms with Gasteiger partial charge in [0, 0.05) is 37.1 Å². The fourth-order valence-electron chi connectivity index (χ4n) is 4.00. The molecule has 0 atom stereocenters. The van der Waals surface area contributed by atoms with Crippen LogP contribution in [0.4, 0.5) is 5.82 Å². The second-order valence-electron chi connectivity index (χ2n) is 7.82. The van der Waals surface area contributed by atoms with Crippen LogP contribution in [-0.2, 0) is 6.54 Å². The van der Waals surface area contributed by atoms with Gasteiger partial charge in [-0.05, 0) is 48.9 Å². The summed E-state index contributed by atoms with van der Waals surface area (Å²) in [6.07, 6.45) is 0. The normalized spacial score (nSPS) is 14.8. The number of benzene rings is 2. The molecule has 0 amide bonds. The summed E-state index contributed by atoms with van der Waals surface area (Å²) in [5.41, 5.74) is 3.23. The van der Waals surface area contributed by atoms with Crippen LogP contribution in [0.15, 0.2) is 59.1 Å². The Morgan fingerprint density at radius 2 is 1.74 bits per heavy atom. The minimum atomic E-state index is 0.604. The molecule has 2 aromatic carbocycles. The Bertz CT molecular complexity index is 1180. The Balaban J connectivity index is 1.22. The molecule has 1 fully saturated rings. The molecule has 158 valence electrons. The van der Waals surface area contributed by atoms with Crippen molar-refractivity contribution >= 4 is 16.7 Å². The number of fused-ring (bicyclic) bond motifs is 1. The highest BCUT2D eigenvalue weighted by Crippen LogP contribution is 2.24. The van der Waals surface area contributed by atoms with E-state index in [0.717, 1.165) is 48.8 Å². The summed E-state index contributed by atoms with van der Waals surface area (Å²) in [6.45, 7) is 6.50. The highest BCUT2D eigenvalue weighted by molar-refractivity contribution is 5.83. The second kappa shape index (κ2) is 8.35. The van der Waals surface area contributed by atoms with E-state index in [1.807, 2.05) is 30.3 Å². The summed E-state index contributed by atoms with van der Waals surface area (Å²) in [7, 11) is 1.65. The molecular formula is C24H25N5O2. The molecular weight excluding hydrogens is 390 g/mol. The average molecular weight is 415 g/mol. The Hall–Kier alpha value is -3.45. The monoisotopic (exact) mass is 415 g/mol. The zero-order valence-electron chi connectivity index (χ0n) is 17.8. The highest BCUT2D eigenvalue weighted by Gasteiger charge is 2.21. The first-order valence-corrected chi connectivity index (χ1v) is 10.5. The Labute approximate surface area is 181 Å². The lowest BCUT2D eigenvalue weighted by molar-refractivity contribution is 0.215. The van der Waals surface area contributed by atoms with Gasteiger partial charge in [-0.25, -0.2) is 4.98 Å². The van der Waals surface area contributed by atoms with Gasteiger partial charge in [-0.15, -0.1) is 0 Å². The lowest BCUT2D eigenvalue weighted by Gasteiger charge is -2.34. The molecule has 3 heterocycles. The summed E-state index contributed by atoms with van der Waals surface area (Å²) in [4.78, 5) is 14.1. The van der Waals surface area contributed by atoms with Gasteiger partial charge >= 0.3 is 0 Å². The predicted octanol–water partition coefficient (Wildman–Crippen LogP) is 3.92. The third-order valence-electron chi connectivity index (χ3n) is 5.78. The van der Waals surface area contributed by atoms with Gasteiger partial charge in [0.05, 0.1) is 19.2 Å². The Morgan fingerprint density at radius 3 is 2.52 bits per heavy atom. The molecule has 7 nitrogen and oxygen atoms in total. The quantitative estimate of drug-likeness (QED) is 0.489. The summed E-state index contributed by atoms with van der Waals surface area (Å²) < 4.78 is 10.7. The number of anilines is 1. The van der Waals surface area contributed by atoms with E-state index in [0.29, 0.717) is 18.3 Å². The van der Waals surface area contributed by atoms with E-state index >= 15 is 0 Å². The number of hydrogen-bond acceptors (Lipinski definition) is 7. The molecule has 1 aliphatic rings. The maximum Gasteiger partial charge on any atom is 0.241 e. The van der Waals surface area contributed by atoms with Gasteiger partial charge in [0.1, 0.15) is 11.6 Å². The molecule has 1 saturated heterocycles. The van der Waals surface area contributed by atoms with Gasteiger partial charge in [0.25, 0.3) is 0 Å². The van der Waals surface area contributed by atoms with Crippen LogP contribution < -0.4 is 9.64 Å². The van der Waals surface area contributed by atoms with Crippen LogP contribution in [0.3, 0.4) is 0 Å². The van der Waals surface area contributed by atoms with Crippen LogP contribution in [0.2, 0.25) is 0 Å². The fraction of sp³-hybridized carbons (Fsp3) is 0.292. The third kappa shape index (κ3) is 4.09. The molecule has 0 spiro atoms. The minimum absolute atomic E-state index is 0.604. The first-order chi connectivity index (χ1) is 15.2. The number of hydrogen-bond donors (Lipinski definition) is 0. The topological polar surface area (TPSA) is 67.5 Å². The zero-order valence-corrected chi connectivity index (χ0v) is 17.8. The first-order valence-electron chi connectivity index (χ1n) is 10.5. The van der Waals surface area contributed by atoms with Gasteiger partial charge < -0.3 is 14.2 Å². The predicted molar refractivity (Wildman–Crippen MR) is 120 cm³/mol. The number of aryl methyl sites for hydroxylation is 1. The maximum absolute atomic E-state index is 5.49. The Morgan fingerprint density at radius 1 is 0.968 bits per heavy atom. The zero-order chi connectivity index (χ0) is 21.2. The minimum Gasteiger partial charge on any atom is -0.497 e. The van der Waals surface area contributed by atoms with Gasteiger partial charge in [0.15, 0.2) is 0 Å². The summed E-state index contributed by atoms with van der Waals surface area (Å²) in [5.74, 6) is 3.10. The molecule has 2 aromatic heterocycles. The molecule has 5 rings (SSSR count). The number of nitrogens with zero attached hydrogens (tertiary/aromatic N) is 5. The molecule has 0 unspecified atom stereocenters. The molecule has 0 radical (unpaired) electrons. The standard InChI is InChI=1S/C24H25N5O2/c1-17-15-22(25-21-6-4-3-5-20(17)21)29-13-11-28(12-14-29)16-23-26-24(27-31-23)18-7-9-19(30-2)10-8-18/h3-10,15H,11-14,16H2,1-2H3. The Kier molecular flexibility index (Phi) is 5.26. The van der Waals surface area contributed by atoms with Crippen molar-refractivity contribution in [1.29, 1.82) is 0 Å². The largest absolute Gasteiger partial charge is 0.497 e. The van der Waals surface area contributed by atoms with Crippen molar-refractivity contribution in [2.45, 2.75) is 13.5 Å². The molecule has 0 saturated carbocycles. The van der Waals surface area contributed by atoms with Crippen LogP contribution >= 0.6 is 0 Å². The van der Waals surface area contributed by atoms with E-state index in [1.54, 1.807) is 7.11 Å². The van der Waals surface area contributed by atoms with Crippen molar-refractivity contribution in [2.75, 3.05) is 38.2 Å². The lowest BCUT2D eigenvalue weighted by Crippen LogP contribution is -2.46. The van der Waals surface area contributed by atoms with E-state index in [2.05, 4.69) is 51.1 Å². The fourth-order valence-corrected chi connectivity index (χ4v) is 4.00. The van der Waals surface area contributed by atoms with Crippen LogP contribution in [0.5, 0.6) is 5.75 Å². The summed E-state index contributed by atoms with van der Waals surface area (Å²) in [6, 6.07) is 18.2. The van der Waals surface area contributed by atoms with Gasteiger partial charge in [0.2, 0.25) is 11.7 Å². The molecule has 1 aliphatic heterocycles. The van der Waals surface area contributed by atoms with Crippen molar-refractivity contribution in [3.63, 3.8) is 0 Å². The number of ether oxygens (including phenoxy) is 1. The van der Waals surface area contributed by atoms with E-state index < -0.39 is 0 Å². The number of rotatable bonds is 5. The first kappa shape index (κ1) is 19.5. The maximum atomic E-state index is 5.49.